The highest BCUT2D eigenvalue weighted by atomic mass is 16.2. The maximum atomic E-state index is 11.6. The van der Waals surface area contributed by atoms with E-state index in [4.69, 9.17) is 5.73 Å². The Morgan fingerprint density at radius 1 is 1.40 bits per heavy atom. The van der Waals surface area contributed by atoms with Crippen molar-refractivity contribution in [2.45, 2.75) is 46.1 Å². The number of carbonyl (C=O) groups excluding carboxylic acids is 2. The molecule has 87 valence electrons. The van der Waals surface area contributed by atoms with E-state index in [0.29, 0.717) is 19.4 Å². The summed E-state index contributed by atoms with van der Waals surface area (Å²) in [6.45, 7) is 6.25. The van der Waals surface area contributed by atoms with Crippen LogP contribution in [0.2, 0.25) is 0 Å². The minimum Gasteiger partial charge on any atom is -0.355 e. The second-order valence-electron chi connectivity index (χ2n) is 3.73. The van der Waals surface area contributed by atoms with Gasteiger partial charge in [-0.2, -0.15) is 0 Å². The lowest BCUT2D eigenvalue weighted by atomic mass is 9.77. The smallest absolute Gasteiger partial charge is 0.237 e. The predicted molar refractivity (Wildman–Crippen MR) is 60.0 cm³/mol. The SMILES string of the molecule is CCCNC(=O)C(N)C([C]=O)(CC)CC. The summed E-state index contributed by atoms with van der Waals surface area (Å²) in [7, 11) is 0. The van der Waals surface area contributed by atoms with Gasteiger partial charge in [0.15, 0.2) is 0 Å². The zero-order valence-electron chi connectivity index (χ0n) is 9.80. The van der Waals surface area contributed by atoms with Crippen molar-refractivity contribution in [2.24, 2.45) is 11.1 Å². The summed E-state index contributed by atoms with van der Waals surface area (Å²) < 4.78 is 0. The molecule has 0 bridgehead atoms. The highest BCUT2D eigenvalue weighted by Crippen LogP contribution is 2.26. The summed E-state index contributed by atoms with van der Waals surface area (Å²) in [4.78, 5) is 22.5. The minimum absolute atomic E-state index is 0.260. The third-order valence-corrected chi connectivity index (χ3v) is 2.89. The molecule has 0 spiro atoms. The molecule has 0 heterocycles. The van der Waals surface area contributed by atoms with Crippen LogP contribution in [0.25, 0.3) is 0 Å². The van der Waals surface area contributed by atoms with Crippen LogP contribution in [0.5, 0.6) is 0 Å². The fourth-order valence-electron chi connectivity index (χ4n) is 1.51. The molecule has 4 heteroatoms. The van der Waals surface area contributed by atoms with Crippen LogP contribution in [0, 0.1) is 5.41 Å². The molecule has 0 aliphatic carbocycles. The van der Waals surface area contributed by atoms with Crippen LogP contribution in [-0.4, -0.2) is 24.8 Å². The fraction of sp³-hybridized carbons (Fsp3) is 0.818. The molecular weight excluding hydrogens is 192 g/mol. The van der Waals surface area contributed by atoms with E-state index >= 15 is 0 Å². The first-order valence-corrected chi connectivity index (χ1v) is 5.50. The predicted octanol–water partition coefficient (Wildman–Crippen LogP) is 0.756. The van der Waals surface area contributed by atoms with Gasteiger partial charge in [0, 0.05) is 6.54 Å². The van der Waals surface area contributed by atoms with Crippen molar-refractivity contribution in [3.8, 4) is 0 Å². The van der Waals surface area contributed by atoms with Gasteiger partial charge in [-0.15, -0.1) is 0 Å². The number of nitrogens with one attached hydrogen (secondary N) is 1. The number of carbonyl (C=O) groups is 1. The average molecular weight is 213 g/mol. The van der Waals surface area contributed by atoms with Gasteiger partial charge in [0.1, 0.15) is 0 Å². The standard InChI is InChI=1S/C11H21N2O2/c1-4-7-13-10(15)9(12)11(5-2,6-3)8-14/h9H,4-7,12H2,1-3H3,(H,13,15). The Morgan fingerprint density at radius 2 is 1.93 bits per heavy atom. The maximum Gasteiger partial charge on any atom is 0.237 e. The number of nitrogens with two attached hydrogens (primary N) is 1. The average Bonchev–Trinajstić information content (AvgIpc) is 2.28. The summed E-state index contributed by atoms with van der Waals surface area (Å²) in [5.74, 6) is -0.260. The largest absolute Gasteiger partial charge is 0.355 e. The molecule has 1 amide bonds. The van der Waals surface area contributed by atoms with Gasteiger partial charge in [-0.25, -0.2) is 0 Å². The van der Waals surface area contributed by atoms with Crippen LogP contribution in [0.3, 0.4) is 0 Å². The van der Waals surface area contributed by atoms with Gasteiger partial charge < -0.3 is 11.1 Å². The lowest BCUT2D eigenvalue weighted by molar-refractivity contribution is -0.124. The fourth-order valence-corrected chi connectivity index (χ4v) is 1.51. The lowest BCUT2D eigenvalue weighted by Crippen LogP contribution is -2.52. The van der Waals surface area contributed by atoms with Gasteiger partial charge in [-0.3, -0.25) is 9.59 Å². The molecule has 0 rings (SSSR count). The van der Waals surface area contributed by atoms with Crippen LogP contribution >= 0.6 is 0 Å². The first-order chi connectivity index (χ1) is 7.07. The molecule has 0 aromatic carbocycles. The van der Waals surface area contributed by atoms with Gasteiger partial charge in [0.2, 0.25) is 12.2 Å². The van der Waals surface area contributed by atoms with E-state index in [2.05, 4.69) is 5.32 Å². The van der Waals surface area contributed by atoms with Gasteiger partial charge in [-0.05, 0) is 19.3 Å². The molecule has 0 aliphatic rings. The van der Waals surface area contributed by atoms with Crippen LogP contribution < -0.4 is 11.1 Å². The second-order valence-corrected chi connectivity index (χ2v) is 3.73. The molecule has 0 aromatic rings. The van der Waals surface area contributed by atoms with Crippen molar-refractivity contribution < 1.29 is 9.59 Å². The Labute approximate surface area is 91.6 Å². The van der Waals surface area contributed by atoms with E-state index in [9.17, 15) is 9.59 Å². The number of amides is 1. The first-order valence-electron chi connectivity index (χ1n) is 5.50. The summed E-state index contributed by atoms with van der Waals surface area (Å²) in [6.07, 6.45) is 3.86. The molecule has 0 saturated carbocycles. The number of hydrogen-bond donors (Lipinski definition) is 2. The van der Waals surface area contributed by atoms with E-state index < -0.39 is 11.5 Å². The van der Waals surface area contributed by atoms with Crippen LogP contribution in [0.4, 0.5) is 0 Å². The normalized spacial score (nSPS) is 13.3. The highest BCUT2D eigenvalue weighted by molar-refractivity contribution is 5.86. The molecular formula is C11H21N2O2. The van der Waals surface area contributed by atoms with Gasteiger partial charge in [-0.1, -0.05) is 20.8 Å². The maximum absolute atomic E-state index is 11.6. The summed E-state index contributed by atoms with van der Waals surface area (Å²) in [5.41, 5.74) is 4.96. The summed E-state index contributed by atoms with van der Waals surface area (Å²) in [5, 5.41) is 2.70. The van der Waals surface area contributed by atoms with E-state index in [0.717, 1.165) is 6.42 Å². The topological polar surface area (TPSA) is 72.2 Å². The molecule has 0 fully saturated rings. The zero-order chi connectivity index (χ0) is 11.9. The molecule has 0 aliphatic heterocycles. The van der Waals surface area contributed by atoms with Crippen LogP contribution in [-0.2, 0) is 9.59 Å². The Balaban J connectivity index is 4.55. The van der Waals surface area contributed by atoms with E-state index in [-0.39, 0.29) is 5.91 Å². The molecule has 0 saturated heterocycles. The van der Waals surface area contributed by atoms with Crippen molar-refractivity contribution in [1.82, 2.24) is 5.32 Å². The molecule has 1 atom stereocenters. The third kappa shape index (κ3) is 3.30. The summed E-state index contributed by atoms with van der Waals surface area (Å²) in [6, 6.07) is -0.795. The van der Waals surface area contributed by atoms with Crippen LogP contribution in [0.1, 0.15) is 40.0 Å². The Hall–Kier alpha value is -0.900. The third-order valence-electron chi connectivity index (χ3n) is 2.89. The van der Waals surface area contributed by atoms with E-state index in [1.807, 2.05) is 27.1 Å². The van der Waals surface area contributed by atoms with Crippen molar-refractivity contribution in [3.05, 3.63) is 0 Å². The van der Waals surface area contributed by atoms with Gasteiger partial charge in [0.25, 0.3) is 0 Å². The van der Waals surface area contributed by atoms with Crippen molar-refractivity contribution >= 4 is 12.2 Å². The summed E-state index contributed by atoms with van der Waals surface area (Å²) >= 11 is 0. The monoisotopic (exact) mass is 213 g/mol. The quantitative estimate of drug-likeness (QED) is 0.655. The Kier molecular flexibility index (Phi) is 6.17. The van der Waals surface area contributed by atoms with Crippen molar-refractivity contribution in [3.63, 3.8) is 0 Å². The Morgan fingerprint density at radius 3 is 2.27 bits per heavy atom. The van der Waals surface area contributed by atoms with E-state index in [1.54, 1.807) is 0 Å². The van der Waals surface area contributed by atoms with E-state index in [1.165, 1.54) is 0 Å². The van der Waals surface area contributed by atoms with Crippen LogP contribution in [0.15, 0.2) is 0 Å². The Bertz CT molecular complexity index is 213. The van der Waals surface area contributed by atoms with Crippen molar-refractivity contribution in [1.29, 1.82) is 0 Å². The molecule has 3 N–H and O–H groups in total. The number of rotatable bonds is 7. The molecule has 1 radical (unpaired) electrons. The zero-order valence-corrected chi connectivity index (χ0v) is 9.80. The second kappa shape index (κ2) is 6.56. The lowest BCUT2D eigenvalue weighted by Gasteiger charge is -2.29. The minimum atomic E-state index is -0.835. The molecule has 15 heavy (non-hydrogen) atoms. The van der Waals surface area contributed by atoms with Gasteiger partial charge >= 0.3 is 0 Å². The highest BCUT2D eigenvalue weighted by Gasteiger charge is 2.38. The number of hydrogen-bond acceptors (Lipinski definition) is 3. The molecule has 1 unspecified atom stereocenters. The molecule has 4 nitrogen and oxygen atoms in total. The molecule has 0 aromatic heterocycles. The van der Waals surface area contributed by atoms with Gasteiger partial charge in [0.05, 0.1) is 11.5 Å². The first kappa shape index (κ1) is 14.1. The van der Waals surface area contributed by atoms with Crippen molar-refractivity contribution in [2.75, 3.05) is 6.54 Å².